The van der Waals surface area contributed by atoms with E-state index < -0.39 is 11.5 Å². The minimum atomic E-state index is -0.802. The van der Waals surface area contributed by atoms with Crippen LogP contribution < -0.4 is 5.32 Å². The maximum absolute atomic E-state index is 11.5. The first kappa shape index (κ1) is 13.8. The molecule has 1 saturated carbocycles. The van der Waals surface area contributed by atoms with Crippen LogP contribution in [0, 0.1) is 0 Å². The summed E-state index contributed by atoms with van der Waals surface area (Å²) < 4.78 is 0. The van der Waals surface area contributed by atoms with Crippen molar-refractivity contribution in [2.24, 2.45) is 0 Å². The molecule has 5 nitrogen and oxygen atoms in total. The summed E-state index contributed by atoms with van der Waals surface area (Å²) in [7, 11) is 2.13. The Morgan fingerprint density at radius 2 is 2.06 bits per heavy atom. The fourth-order valence-corrected chi connectivity index (χ4v) is 2.56. The molecular formula is C13H25N3O2. The van der Waals surface area contributed by atoms with Gasteiger partial charge in [0.25, 0.3) is 0 Å². The number of hydrogen-bond donors (Lipinski definition) is 2. The summed E-state index contributed by atoms with van der Waals surface area (Å²) in [6.45, 7) is 6.52. The van der Waals surface area contributed by atoms with Crippen LogP contribution in [0.3, 0.4) is 0 Å². The third kappa shape index (κ3) is 3.67. The minimum absolute atomic E-state index is 0.417. The monoisotopic (exact) mass is 255 g/mol. The number of carboxylic acid groups (broad SMARTS) is 1. The molecule has 104 valence electrons. The predicted octanol–water partition coefficient (Wildman–Crippen LogP) is 0.219. The zero-order chi connectivity index (χ0) is 13.2. The zero-order valence-electron chi connectivity index (χ0n) is 11.5. The first-order valence-electron chi connectivity index (χ1n) is 6.91. The molecule has 1 aliphatic carbocycles. The van der Waals surface area contributed by atoms with Gasteiger partial charge in [-0.2, -0.15) is 0 Å². The van der Waals surface area contributed by atoms with Gasteiger partial charge in [-0.1, -0.05) is 0 Å². The largest absolute Gasteiger partial charge is 0.480 e. The third-order valence-corrected chi connectivity index (χ3v) is 3.92. The molecule has 5 heteroatoms. The van der Waals surface area contributed by atoms with Crippen molar-refractivity contribution in [3.63, 3.8) is 0 Å². The van der Waals surface area contributed by atoms with Gasteiger partial charge in [0, 0.05) is 25.7 Å². The lowest BCUT2D eigenvalue weighted by Gasteiger charge is -2.32. The Hall–Kier alpha value is -0.650. The van der Waals surface area contributed by atoms with Crippen molar-refractivity contribution in [1.29, 1.82) is 0 Å². The van der Waals surface area contributed by atoms with Crippen molar-refractivity contribution in [2.45, 2.75) is 37.8 Å². The Bertz CT molecular complexity index is 307. The van der Waals surface area contributed by atoms with Crippen LogP contribution in [0.25, 0.3) is 0 Å². The van der Waals surface area contributed by atoms with Crippen LogP contribution in [0.5, 0.6) is 0 Å². The van der Waals surface area contributed by atoms with Crippen molar-refractivity contribution in [3.05, 3.63) is 0 Å². The second-order valence-electron chi connectivity index (χ2n) is 5.99. The smallest absolute Gasteiger partial charge is 0.324 e. The first-order valence-corrected chi connectivity index (χ1v) is 6.91. The van der Waals surface area contributed by atoms with Crippen LogP contribution >= 0.6 is 0 Å². The molecule has 2 fully saturated rings. The number of likely N-dealkylation sites (N-methyl/N-ethyl adjacent to an activating group) is 1. The van der Waals surface area contributed by atoms with Gasteiger partial charge in [0.1, 0.15) is 5.54 Å². The molecule has 0 bridgehead atoms. The average Bonchev–Trinajstić information content (AvgIpc) is 3.09. The highest BCUT2D eigenvalue weighted by molar-refractivity contribution is 5.78. The number of carbonyl (C=O) groups is 1. The Labute approximate surface area is 109 Å². The lowest BCUT2D eigenvalue weighted by atomic mass is 10.0. The van der Waals surface area contributed by atoms with E-state index in [4.69, 9.17) is 0 Å². The van der Waals surface area contributed by atoms with Crippen molar-refractivity contribution >= 4 is 5.97 Å². The van der Waals surface area contributed by atoms with E-state index in [1.165, 1.54) is 0 Å². The van der Waals surface area contributed by atoms with Gasteiger partial charge in [0.2, 0.25) is 0 Å². The highest BCUT2D eigenvalue weighted by Gasteiger charge is 2.39. The van der Waals surface area contributed by atoms with Crippen molar-refractivity contribution in [2.75, 3.05) is 39.8 Å². The Balaban J connectivity index is 1.92. The second-order valence-corrected chi connectivity index (χ2v) is 5.99. The van der Waals surface area contributed by atoms with E-state index in [0.29, 0.717) is 12.6 Å². The van der Waals surface area contributed by atoms with Gasteiger partial charge in [-0.25, -0.2) is 0 Å². The van der Waals surface area contributed by atoms with E-state index in [-0.39, 0.29) is 0 Å². The molecule has 1 unspecified atom stereocenters. The van der Waals surface area contributed by atoms with Gasteiger partial charge in [-0.15, -0.1) is 0 Å². The number of rotatable bonds is 5. The molecule has 2 N–H and O–H groups in total. The summed E-state index contributed by atoms with van der Waals surface area (Å²) in [6.07, 6.45) is 3.35. The Kier molecular flexibility index (Phi) is 4.25. The van der Waals surface area contributed by atoms with Crippen LogP contribution in [0.2, 0.25) is 0 Å². The van der Waals surface area contributed by atoms with E-state index in [2.05, 4.69) is 22.2 Å². The maximum atomic E-state index is 11.5. The summed E-state index contributed by atoms with van der Waals surface area (Å²) in [5.74, 6) is -0.730. The standard InChI is InChI=1S/C13H25N3O2/c1-13(12(17)18,14-11-4-5-11)10-16-7-3-6-15(2)8-9-16/h11,14H,3-10H2,1-2H3,(H,17,18). The van der Waals surface area contributed by atoms with Crippen LogP contribution in [0.15, 0.2) is 0 Å². The van der Waals surface area contributed by atoms with Gasteiger partial charge in [-0.05, 0) is 46.3 Å². The summed E-state index contributed by atoms with van der Waals surface area (Å²) in [4.78, 5) is 16.1. The SMILES string of the molecule is CN1CCCN(CC(C)(NC2CC2)C(=O)O)CC1. The number of carboxylic acids is 1. The van der Waals surface area contributed by atoms with Gasteiger partial charge in [0.15, 0.2) is 0 Å². The average molecular weight is 255 g/mol. The fourth-order valence-electron chi connectivity index (χ4n) is 2.56. The molecule has 2 rings (SSSR count). The molecule has 0 radical (unpaired) electrons. The van der Waals surface area contributed by atoms with Crippen molar-refractivity contribution < 1.29 is 9.90 Å². The highest BCUT2D eigenvalue weighted by Crippen LogP contribution is 2.23. The maximum Gasteiger partial charge on any atom is 0.324 e. The van der Waals surface area contributed by atoms with Crippen molar-refractivity contribution in [1.82, 2.24) is 15.1 Å². The van der Waals surface area contributed by atoms with Crippen LogP contribution in [-0.4, -0.2) is 72.2 Å². The highest BCUT2D eigenvalue weighted by atomic mass is 16.4. The number of hydrogen-bond acceptors (Lipinski definition) is 4. The topological polar surface area (TPSA) is 55.8 Å². The van der Waals surface area contributed by atoms with Crippen LogP contribution in [-0.2, 0) is 4.79 Å². The lowest BCUT2D eigenvalue weighted by Crippen LogP contribution is -2.58. The van der Waals surface area contributed by atoms with Gasteiger partial charge in [-0.3, -0.25) is 15.0 Å². The summed E-state index contributed by atoms with van der Waals surface area (Å²) in [5.41, 5.74) is -0.802. The van der Waals surface area contributed by atoms with Gasteiger partial charge < -0.3 is 10.0 Å². The van der Waals surface area contributed by atoms with E-state index in [9.17, 15) is 9.90 Å². The Morgan fingerprint density at radius 1 is 1.33 bits per heavy atom. The minimum Gasteiger partial charge on any atom is -0.480 e. The molecular weight excluding hydrogens is 230 g/mol. The molecule has 2 aliphatic rings. The van der Waals surface area contributed by atoms with Gasteiger partial charge in [0.05, 0.1) is 0 Å². The van der Waals surface area contributed by atoms with Crippen LogP contribution in [0.1, 0.15) is 26.2 Å². The van der Waals surface area contributed by atoms with E-state index in [1.807, 2.05) is 6.92 Å². The van der Waals surface area contributed by atoms with Crippen molar-refractivity contribution in [3.8, 4) is 0 Å². The lowest BCUT2D eigenvalue weighted by molar-refractivity contribution is -0.145. The van der Waals surface area contributed by atoms with Crippen LogP contribution in [0.4, 0.5) is 0 Å². The second kappa shape index (κ2) is 5.55. The van der Waals surface area contributed by atoms with E-state index >= 15 is 0 Å². The number of aliphatic carboxylic acids is 1. The third-order valence-electron chi connectivity index (χ3n) is 3.92. The molecule has 18 heavy (non-hydrogen) atoms. The molecule has 1 atom stereocenters. The molecule has 0 spiro atoms. The molecule has 1 saturated heterocycles. The summed E-state index contributed by atoms with van der Waals surface area (Å²) in [6, 6.07) is 0.417. The fraction of sp³-hybridized carbons (Fsp3) is 0.923. The zero-order valence-corrected chi connectivity index (χ0v) is 11.5. The molecule has 0 amide bonds. The Morgan fingerprint density at radius 3 is 2.67 bits per heavy atom. The summed E-state index contributed by atoms with van der Waals surface area (Å²) >= 11 is 0. The molecule has 0 aromatic heterocycles. The van der Waals surface area contributed by atoms with E-state index in [0.717, 1.165) is 45.4 Å². The van der Waals surface area contributed by atoms with Gasteiger partial charge >= 0.3 is 5.97 Å². The molecule has 0 aromatic rings. The molecule has 1 heterocycles. The quantitative estimate of drug-likeness (QED) is 0.736. The number of nitrogens with zero attached hydrogens (tertiary/aromatic N) is 2. The summed E-state index contributed by atoms with van der Waals surface area (Å²) in [5, 5.41) is 12.8. The van der Waals surface area contributed by atoms with E-state index in [1.54, 1.807) is 0 Å². The predicted molar refractivity (Wildman–Crippen MR) is 70.8 cm³/mol. The molecule has 0 aromatic carbocycles. The first-order chi connectivity index (χ1) is 8.49. The number of nitrogens with one attached hydrogen (secondary N) is 1. The normalized spacial score (nSPS) is 26.6. The molecule has 1 aliphatic heterocycles.